The van der Waals surface area contributed by atoms with Crippen LogP contribution in [-0.4, -0.2) is 12.5 Å². The first-order chi connectivity index (χ1) is 8.72. The van der Waals surface area contributed by atoms with Crippen molar-refractivity contribution in [2.45, 2.75) is 26.3 Å². The number of amides is 1. The molecule has 1 amide bonds. The van der Waals surface area contributed by atoms with Crippen LogP contribution in [0.3, 0.4) is 0 Å². The van der Waals surface area contributed by atoms with Gasteiger partial charge < -0.3 is 10.6 Å². The molecule has 0 aromatic heterocycles. The first kappa shape index (κ1) is 12.6. The highest BCUT2D eigenvalue weighted by Crippen LogP contribution is 2.23. The van der Waals surface area contributed by atoms with E-state index >= 15 is 0 Å². The van der Waals surface area contributed by atoms with Crippen molar-refractivity contribution in [1.82, 2.24) is 5.32 Å². The average molecular weight is 243 g/mol. The summed E-state index contributed by atoms with van der Waals surface area (Å²) in [7, 11) is 0. The first-order valence-electron chi connectivity index (χ1n) is 6.25. The van der Waals surface area contributed by atoms with Gasteiger partial charge in [0.15, 0.2) is 0 Å². The molecular formula is C14H17N3O. The molecule has 0 spiro atoms. The second-order valence-electron chi connectivity index (χ2n) is 4.58. The number of nitriles is 1. The number of carbonyl (C=O) groups excluding carboxylic acids is 1. The number of hydrogen-bond donors (Lipinski definition) is 2. The van der Waals surface area contributed by atoms with Gasteiger partial charge in [-0.15, -0.1) is 0 Å². The largest absolute Gasteiger partial charge is 0.326 e. The molecule has 0 fully saturated rings. The van der Waals surface area contributed by atoms with Crippen LogP contribution in [0.15, 0.2) is 18.2 Å². The van der Waals surface area contributed by atoms with Crippen molar-refractivity contribution in [1.29, 1.82) is 5.26 Å². The zero-order valence-electron chi connectivity index (χ0n) is 10.5. The smallest absolute Gasteiger partial charge is 0.228 e. The number of anilines is 1. The fourth-order valence-electron chi connectivity index (χ4n) is 2.06. The Morgan fingerprint density at radius 2 is 2.39 bits per heavy atom. The Balaban J connectivity index is 1.90. The molecular weight excluding hydrogens is 226 g/mol. The highest BCUT2D eigenvalue weighted by molar-refractivity contribution is 5.99. The summed E-state index contributed by atoms with van der Waals surface area (Å²) in [4.78, 5) is 11.2. The molecule has 1 aliphatic heterocycles. The number of nitrogens with one attached hydrogen (secondary N) is 2. The SMILES string of the molecule is CCC(C#N)CNCc1ccc2c(c1)CC(=O)N2. The van der Waals surface area contributed by atoms with E-state index in [9.17, 15) is 4.79 Å². The lowest BCUT2D eigenvalue weighted by Crippen LogP contribution is -2.21. The van der Waals surface area contributed by atoms with Crippen molar-refractivity contribution in [3.8, 4) is 6.07 Å². The Labute approximate surface area is 107 Å². The third-order valence-corrected chi connectivity index (χ3v) is 3.19. The van der Waals surface area contributed by atoms with E-state index in [4.69, 9.17) is 5.26 Å². The van der Waals surface area contributed by atoms with Gasteiger partial charge in [0.2, 0.25) is 5.91 Å². The molecule has 1 unspecified atom stereocenters. The molecule has 4 heteroatoms. The van der Waals surface area contributed by atoms with Crippen LogP contribution in [-0.2, 0) is 17.8 Å². The van der Waals surface area contributed by atoms with Crippen LogP contribution >= 0.6 is 0 Å². The number of fused-ring (bicyclic) bond motifs is 1. The van der Waals surface area contributed by atoms with Gasteiger partial charge >= 0.3 is 0 Å². The van der Waals surface area contributed by atoms with E-state index in [0.29, 0.717) is 13.0 Å². The minimum atomic E-state index is 0.0608. The summed E-state index contributed by atoms with van der Waals surface area (Å²) >= 11 is 0. The molecule has 0 saturated heterocycles. The molecule has 0 radical (unpaired) electrons. The van der Waals surface area contributed by atoms with Crippen LogP contribution in [0, 0.1) is 17.2 Å². The van der Waals surface area contributed by atoms with Gasteiger partial charge in [0.1, 0.15) is 0 Å². The highest BCUT2D eigenvalue weighted by Gasteiger charge is 2.17. The van der Waals surface area contributed by atoms with E-state index in [0.717, 1.165) is 29.8 Å². The minimum absolute atomic E-state index is 0.0608. The van der Waals surface area contributed by atoms with Gasteiger partial charge in [-0.1, -0.05) is 19.1 Å². The Morgan fingerprint density at radius 3 is 3.11 bits per heavy atom. The maximum Gasteiger partial charge on any atom is 0.228 e. The van der Waals surface area contributed by atoms with Crippen LogP contribution in [0.4, 0.5) is 5.69 Å². The summed E-state index contributed by atoms with van der Waals surface area (Å²) in [5.74, 6) is 0.133. The fraction of sp³-hybridized carbons (Fsp3) is 0.429. The zero-order valence-corrected chi connectivity index (χ0v) is 10.5. The summed E-state index contributed by atoms with van der Waals surface area (Å²) in [6.07, 6.45) is 1.34. The average Bonchev–Trinajstić information content (AvgIpc) is 2.74. The van der Waals surface area contributed by atoms with Gasteiger partial charge in [0.25, 0.3) is 0 Å². The molecule has 2 rings (SSSR count). The van der Waals surface area contributed by atoms with Crippen LogP contribution in [0.1, 0.15) is 24.5 Å². The van der Waals surface area contributed by atoms with E-state index in [-0.39, 0.29) is 11.8 Å². The summed E-state index contributed by atoms with van der Waals surface area (Å²) in [6.45, 7) is 3.46. The quantitative estimate of drug-likeness (QED) is 0.829. The lowest BCUT2D eigenvalue weighted by molar-refractivity contribution is -0.115. The maximum atomic E-state index is 11.2. The molecule has 94 valence electrons. The molecule has 0 bridgehead atoms. The van der Waals surface area contributed by atoms with E-state index in [1.54, 1.807) is 0 Å². The number of benzene rings is 1. The van der Waals surface area contributed by atoms with Crippen molar-refractivity contribution < 1.29 is 4.79 Å². The fourth-order valence-corrected chi connectivity index (χ4v) is 2.06. The van der Waals surface area contributed by atoms with Gasteiger partial charge in [-0.05, 0) is 23.6 Å². The summed E-state index contributed by atoms with van der Waals surface area (Å²) in [6, 6.07) is 8.27. The zero-order chi connectivity index (χ0) is 13.0. The van der Waals surface area contributed by atoms with Crippen LogP contribution in [0.5, 0.6) is 0 Å². The Kier molecular flexibility index (Phi) is 3.96. The van der Waals surface area contributed by atoms with E-state index in [1.807, 2.05) is 25.1 Å². The number of rotatable bonds is 5. The molecule has 18 heavy (non-hydrogen) atoms. The van der Waals surface area contributed by atoms with E-state index in [2.05, 4.69) is 16.7 Å². The standard InChI is InChI=1S/C14H17N3O/c1-2-10(7-15)8-16-9-11-3-4-13-12(5-11)6-14(18)17-13/h3-5,10,16H,2,6,8-9H2,1H3,(H,17,18). The predicted octanol–water partition coefficient (Wildman–Crippen LogP) is 1.82. The predicted molar refractivity (Wildman–Crippen MR) is 69.9 cm³/mol. The van der Waals surface area contributed by atoms with Gasteiger partial charge in [0.05, 0.1) is 18.4 Å². The summed E-state index contributed by atoms with van der Waals surface area (Å²) < 4.78 is 0. The topological polar surface area (TPSA) is 64.9 Å². The van der Waals surface area contributed by atoms with Crippen molar-refractivity contribution in [3.63, 3.8) is 0 Å². The molecule has 0 aliphatic carbocycles. The molecule has 2 N–H and O–H groups in total. The molecule has 1 atom stereocenters. The highest BCUT2D eigenvalue weighted by atomic mass is 16.1. The number of nitrogens with zero attached hydrogens (tertiary/aromatic N) is 1. The van der Waals surface area contributed by atoms with Crippen molar-refractivity contribution in [2.24, 2.45) is 5.92 Å². The van der Waals surface area contributed by atoms with Gasteiger partial charge in [-0.3, -0.25) is 4.79 Å². The molecule has 4 nitrogen and oxygen atoms in total. The Hall–Kier alpha value is -1.86. The molecule has 1 heterocycles. The van der Waals surface area contributed by atoms with Crippen molar-refractivity contribution in [2.75, 3.05) is 11.9 Å². The van der Waals surface area contributed by atoms with Gasteiger partial charge in [-0.2, -0.15) is 5.26 Å². The maximum absolute atomic E-state index is 11.2. The monoisotopic (exact) mass is 243 g/mol. The van der Waals surface area contributed by atoms with Crippen molar-refractivity contribution in [3.05, 3.63) is 29.3 Å². The van der Waals surface area contributed by atoms with Crippen LogP contribution in [0.25, 0.3) is 0 Å². The normalized spacial score (nSPS) is 14.8. The summed E-state index contributed by atoms with van der Waals surface area (Å²) in [5.41, 5.74) is 3.14. The molecule has 1 aromatic rings. The van der Waals surface area contributed by atoms with Crippen LogP contribution < -0.4 is 10.6 Å². The van der Waals surface area contributed by atoms with Gasteiger partial charge in [-0.25, -0.2) is 0 Å². The Morgan fingerprint density at radius 1 is 1.56 bits per heavy atom. The molecule has 0 saturated carbocycles. The van der Waals surface area contributed by atoms with E-state index < -0.39 is 0 Å². The van der Waals surface area contributed by atoms with Crippen molar-refractivity contribution >= 4 is 11.6 Å². The lowest BCUT2D eigenvalue weighted by atomic mass is 10.1. The van der Waals surface area contributed by atoms with Gasteiger partial charge in [0, 0.05) is 18.8 Å². The molecule has 1 aliphatic rings. The number of hydrogen-bond acceptors (Lipinski definition) is 3. The second kappa shape index (κ2) is 5.65. The second-order valence-corrected chi connectivity index (χ2v) is 4.58. The Bertz CT molecular complexity index is 490. The lowest BCUT2D eigenvalue weighted by Gasteiger charge is -2.09. The van der Waals surface area contributed by atoms with Crippen LogP contribution in [0.2, 0.25) is 0 Å². The minimum Gasteiger partial charge on any atom is -0.326 e. The third-order valence-electron chi connectivity index (χ3n) is 3.19. The first-order valence-corrected chi connectivity index (χ1v) is 6.25. The summed E-state index contributed by atoms with van der Waals surface area (Å²) in [5, 5.41) is 14.9. The number of carbonyl (C=O) groups is 1. The molecule has 1 aromatic carbocycles. The van der Waals surface area contributed by atoms with E-state index in [1.165, 1.54) is 0 Å². The third kappa shape index (κ3) is 2.88.